The number of hydrogen-bond donors (Lipinski definition) is 1. The maximum Gasteiger partial charge on any atom is 0.126 e. The second-order valence-corrected chi connectivity index (χ2v) is 5.75. The Labute approximate surface area is 121 Å². The molecule has 4 heteroatoms. The molecule has 1 unspecified atom stereocenters. The minimum Gasteiger partial charge on any atom is -0.392 e. The first kappa shape index (κ1) is 14.4. The molecule has 1 atom stereocenters. The Morgan fingerprint density at radius 2 is 1.95 bits per heavy atom. The fourth-order valence-corrected chi connectivity index (χ4v) is 2.87. The van der Waals surface area contributed by atoms with Crippen molar-refractivity contribution >= 4 is 23.4 Å². The van der Waals surface area contributed by atoms with Crippen molar-refractivity contribution in [3.8, 4) is 0 Å². The summed E-state index contributed by atoms with van der Waals surface area (Å²) in [6.45, 7) is 0. The van der Waals surface area contributed by atoms with Gasteiger partial charge in [0, 0.05) is 22.1 Å². The normalized spacial score (nSPS) is 12.4. The van der Waals surface area contributed by atoms with Gasteiger partial charge in [0.25, 0.3) is 0 Å². The first-order chi connectivity index (χ1) is 9.15. The molecule has 0 radical (unpaired) electrons. The summed E-state index contributed by atoms with van der Waals surface area (Å²) in [5.74, 6) is 0.239. The maximum atomic E-state index is 13.4. The zero-order valence-electron chi connectivity index (χ0n) is 10.2. The van der Waals surface area contributed by atoms with Crippen LogP contribution in [0.3, 0.4) is 0 Å². The van der Waals surface area contributed by atoms with Crippen LogP contribution in [0.5, 0.6) is 0 Å². The van der Waals surface area contributed by atoms with E-state index >= 15 is 0 Å². The molecule has 0 aliphatic rings. The number of hydrogen-bond acceptors (Lipinski definition) is 2. The van der Waals surface area contributed by atoms with Crippen molar-refractivity contribution in [3.05, 3.63) is 64.9 Å². The number of thioether (sulfide) groups is 1. The van der Waals surface area contributed by atoms with E-state index in [0.29, 0.717) is 22.8 Å². The first-order valence-corrected chi connectivity index (χ1v) is 7.31. The van der Waals surface area contributed by atoms with E-state index < -0.39 is 6.10 Å². The molecule has 2 rings (SSSR count). The van der Waals surface area contributed by atoms with Gasteiger partial charge in [-0.25, -0.2) is 4.39 Å². The summed E-state index contributed by atoms with van der Waals surface area (Å²) < 4.78 is 13.4. The maximum absolute atomic E-state index is 13.4. The zero-order chi connectivity index (χ0) is 13.7. The molecule has 1 nitrogen and oxygen atoms in total. The lowest BCUT2D eigenvalue weighted by molar-refractivity contribution is 0.198. The van der Waals surface area contributed by atoms with Gasteiger partial charge in [-0.2, -0.15) is 0 Å². The molecule has 0 saturated heterocycles. The Morgan fingerprint density at radius 1 is 1.16 bits per heavy atom. The molecule has 0 fully saturated rings. The highest BCUT2D eigenvalue weighted by molar-refractivity contribution is 7.99. The Kier molecular flexibility index (Phi) is 5.25. The topological polar surface area (TPSA) is 20.2 Å². The molecular weight excluding hydrogens is 283 g/mol. The molecule has 0 heterocycles. The molecule has 0 amide bonds. The van der Waals surface area contributed by atoms with E-state index in [1.807, 2.05) is 18.2 Å². The van der Waals surface area contributed by atoms with Gasteiger partial charge in [-0.05, 0) is 29.8 Å². The third kappa shape index (κ3) is 4.53. The van der Waals surface area contributed by atoms with Crippen molar-refractivity contribution < 1.29 is 9.50 Å². The summed E-state index contributed by atoms with van der Waals surface area (Å²) in [5.41, 5.74) is 0.543. The molecule has 0 aliphatic carbocycles. The van der Waals surface area contributed by atoms with Crippen molar-refractivity contribution in [3.63, 3.8) is 0 Å². The molecule has 0 saturated carbocycles. The van der Waals surface area contributed by atoms with Gasteiger partial charge >= 0.3 is 0 Å². The summed E-state index contributed by atoms with van der Waals surface area (Å²) in [6, 6.07) is 14.0. The van der Waals surface area contributed by atoms with Crippen molar-refractivity contribution in [1.82, 2.24) is 0 Å². The molecule has 0 spiro atoms. The van der Waals surface area contributed by atoms with Crippen LogP contribution in [0.2, 0.25) is 5.02 Å². The van der Waals surface area contributed by atoms with Crippen molar-refractivity contribution in [2.24, 2.45) is 0 Å². The highest BCUT2D eigenvalue weighted by Crippen LogP contribution is 2.23. The Bertz CT molecular complexity index is 547. The van der Waals surface area contributed by atoms with Gasteiger partial charge in [0.1, 0.15) is 5.82 Å². The van der Waals surface area contributed by atoms with E-state index in [9.17, 15) is 9.50 Å². The monoisotopic (exact) mass is 296 g/mol. The van der Waals surface area contributed by atoms with Gasteiger partial charge in [0.2, 0.25) is 0 Å². The summed E-state index contributed by atoms with van der Waals surface area (Å²) in [4.78, 5) is 1.00. The third-order valence-corrected chi connectivity index (χ3v) is 4.03. The molecule has 0 aromatic heterocycles. The smallest absolute Gasteiger partial charge is 0.126 e. The predicted octanol–water partition coefficient (Wildman–Crippen LogP) is 4.17. The van der Waals surface area contributed by atoms with Gasteiger partial charge < -0.3 is 5.11 Å². The summed E-state index contributed by atoms with van der Waals surface area (Å²) in [5, 5.41) is 10.6. The van der Waals surface area contributed by atoms with Crippen molar-refractivity contribution in [2.45, 2.75) is 17.4 Å². The number of aliphatic hydroxyl groups is 1. The molecule has 19 heavy (non-hydrogen) atoms. The second kappa shape index (κ2) is 6.94. The SMILES string of the molecule is OC(CSc1cccc(Cl)c1)Cc1ccccc1F. The zero-order valence-corrected chi connectivity index (χ0v) is 11.8. The highest BCUT2D eigenvalue weighted by Gasteiger charge is 2.09. The van der Waals surface area contributed by atoms with Crippen LogP contribution in [0.15, 0.2) is 53.4 Å². The molecular formula is C15H14ClFOS. The van der Waals surface area contributed by atoms with Crippen LogP contribution in [0.4, 0.5) is 4.39 Å². The van der Waals surface area contributed by atoms with Gasteiger partial charge in [-0.15, -0.1) is 11.8 Å². The summed E-state index contributed by atoms with van der Waals surface area (Å²) in [6.07, 6.45) is -0.263. The minimum absolute atomic E-state index is 0.269. The molecule has 2 aromatic rings. The lowest BCUT2D eigenvalue weighted by atomic mass is 10.1. The quantitative estimate of drug-likeness (QED) is 0.836. The highest BCUT2D eigenvalue weighted by atomic mass is 35.5. The van der Waals surface area contributed by atoms with Crippen LogP contribution < -0.4 is 0 Å². The number of rotatable bonds is 5. The third-order valence-electron chi connectivity index (χ3n) is 2.65. The van der Waals surface area contributed by atoms with E-state index in [1.54, 1.807) is 24.3 Å². The van der Waals surface area contributed by atoms with Crippen LogP contribution in [-0.2, 0) is 6.42 Å². The number of halogens is 2. The first-order valence-electron chi connectivity index (χ1n) is 5.95. The Balaban J connectivity index is 1.88. The van der Waals surface area contributed by atoms with Gasteiger partial charge in [-0.3, -0.25) is 0 Å². The lowest BCUT2D eigenvalue weighted by Gasteiger charge is -2.11. The lowest BCUT2D eigenvalue weighted by Crippen LogP contribution is -2.14. The molecule has 0 bridgehead atoms. The second-order valence-electron chi connectivity index (χ2n) is 4.22. The molecule has 0 aliphatic heterocycles. The fraction of sp³-hybridized carbons (Fsp3) is 0.200. The van der Waals surface area contributed by atoms with Gasteiger partial charge in [0.05, 0.1) is 6.10 Å². The molecule has 1 N–H and O–H groups in total. The van der Waals surface area contributed by atoms with Crippen LogP contribution in [-0.4, -0.2) is 17.0 Å². The van der Waals surface area contributed by atoms with E-state index in [0.717, 1.165) is 4.90 Å². The fourth-order valence-electron chi connectivity index (χ4n) is 1.73. The largest absolute Gasteiger partial charge is 0.392 e. The van der Waals surface area contributed by atoms with Gasteiger partial charge in [-0.1, -0.05) is 35.9 Å². The van der Waals surface area contributed by atoms with Crippen molar-refractivity contribution in [2.75, 3.05) is 5.75 Å². The van der Waals surface area contributed by atoms with E-state index in [-0.39, 0.29) is 5.82 Å². The standard InChI is InChI=1S/C15H14ClFOS/c16-12-5-3-6-14(9-12)19-10-13(18)8-11-4-1-2-7-15(11)17/h1-7,9,13,18H,8,10H2. The molecule has 2 aromatic carbocycles. The minimum atomic E-state index is -0.583. The van der Waals surface area contributed by atoms with E-state index in [1.165, 1.54) is 17.8 Å². The number of benzene rings is 2. The van der Waals surface area contributed by atoms with Crippen LogP contribution in [0, 0.1) is 5.82 Å². The Morgan fingerprint density at radius 3 is 2.68 bits per heavy atom. The van der Waals surface area contributed by atoms with E-state index in [2.05, 4.69) is 0 Å². The Hall–Kier alpha value is -1.03. The summed E-state index contributed by atoms with van der Waals surface area (Å²) >= 11 is 7.40. The summed E-state index contributed by atoms with van der Waals surface area (Å²) in [7, 11) is 0. The van der Waals surface area contributed by atoms with Gasteiger partial charge in [0.15, 0.2) is 0 Å². The van der Waals surface area contributed by atoms with Crippen LogP contribution >= 0.6 is 23.4 Å². The average molecular weight is 297 g/mol. The number of aliphatic hydroxyl groups excluding tert-OH is 1. The van der Waals surface area contributed by atoms with E-state index in [4.69, 9.17) is 11.6 Å². The average Bonchev–Trinajstić information content (AvgIpc) is 2.39. The molecule has 100 valence electrons. The predicted molar refractivity (Wildman–Crippen MR) is 78.3 cm³/mol. The van der Waals surface area contributed by atoms with Crippen LogP contribution in [0.1, 0.15) is 5.56 Å². The van der Waals surface area contributed by atoms with Crippen LogP contribution in [0.25, 0.3) is 0 Å². The van der Waals surface area contributed by atoms with Crippen molar-refractivity contribution in [1.29, 1.82) is 0 Å².